The maximum Gasteiger partial charge on any atom is 0.237 e. The molecule has 2 aliphatic rings. The smallest absolute Gasteiger partial charge is 0.237 e. The molecule has 2 aliphatic carbocycles. The number of amides is 1. The van der Waals surface area contributed by atoms with Gasteiger partial charge < -0.3 is 11.5 Å². The van der Waals surface area contributed by atoms with Crippen LogP contribution in [-0.2, 0) is 4.79 Å². The average molecular weight is 268 g/mol. The number of rotatable bonds is 4. The monoisotopic (exact) mass is 268 g/mol. The zero-order valence-corrected chi connectivity index (χ0v) is 10.8. The molecule has 4 N–H and O–H groups in total. The fourth-order valence-electron chi connectivity index (χ4n) is 2.31. The highest BCUT2D eigenvalue weighted by molar-refractivity contribution is 7.99. The summed E-state index contributed by atoms with van der Waals surface area (Å²) in [4.78, 5) is 11.3. The minimum atomic E-state index is -0.852. The van der Waals surface area contributed by atoms with E-state index in [2.05, 4.69) is 15.5 Å². The van der Waals surface area contributed by atoms with Gasteiger partial charge in [0.25, 0.3) is 0 Å². The molecule has 0 spiro atoms. The summed E-state index contributed by atoms with van der Waals surface area (Å²) in [6.45, 7) is 0. The average Bonchev–Trinajstić information content (AvgIpc) is 2.95. The molecule has 1 heterocycles. The van der Waals surface area contributed by atoms with Gasteiger partial charge in [-0.15, -0.1) is 5.10 Å². The van der Waals surface area contributed by atoms with Gasteiger partial charge in [0, 0.05) is 5.25 Å². The van der Waals surface area contributed by atoms with Gasteiger partial charge in [-0.25, -0.2) is 4.68 Å². The number of tetrazole rings is 1. The van der Waals surface area contributed by atoms with Crippen molar-refractivity contribution in [1.29, 1.82) is 0 Å². The van der Waals surface area contributed by atoms with E-state index in [1.165, 1.54) is 0 Å². The van der Waals surface area contributed by atoms with Crippen molar-refractivity contribution in [2.45, 2.75) is 54.1 Å². The van der Waals surface area contributed by atoms with Crippen LogP contribution in [0.5, 0.6) is 0 Å². The Balaban J connectivity index is 1.67. The van der Waals surface area contributed by atoms with Gasteiger partial charge in [0.2, 0.25) is 11.1 Å². The van der Waals surface area contributed by atoms with Crippen molar-refractivity contribution in [3.8, 4) is 0 Å². The first-order valence-corrected chi connectivity index (χ1v) is 7.00. The fraction of sp³-hybridized carbons (Fsp3) is 0.800. The van der Waals surface area contributed by atoms with Gasteiger partial charge >= 0.3 is 0 Å². The first-order chi connectivity index (χ1) is 8.58. The molecule has 18 heavy (non-hydrogen) atoms. The second-order valence-corrected chi connectivity index (χ2v) is 6.41. The number of thioether (sulfide) groups is 1. The first-order valence-electron chi connectivity index (χ1n) is 6.12. The first kappa shape index (κ1) is 11.9. The molecule has 2 unspecified atom stereocenters. The van der Waals surface area contributed by atoms with Gasteiger partial charge in [-0.2, -0.15) is 0 Å². The minimum Gasteiger partial charge on any atom is -0.368 e. The molecule has 2 fully saturated rings. The fourth-order valence-corrected chi connectivity index (χ4v) is 3.61. The van der Waals surface area contributed by atoms with Crippen LogP contribution in [0.25, 0.3) is 0 Å². The summed E-state index contributed by atoms with van der Waals surface area (Å²) in [5.74, 6) is -0.410. The number of hydrogen-bond donors (Lipinski definition) is 2. The van der Waals surface area contributed by atoms with Gasteiger partial charge in [0.1, 0.15) is 0 Å². The van der Waals surface area contributed by atoms with Gasteiger partial charge in [-0.3, -0.25) is 4.79 Å². The predicted octanol–water partition coefficient (Wildman–Crippen LogP) is -0.165. The highest BCUT2D eigenvalue weighted by Gasteiger charge is 2.41. The van der Waals surface area contributed by atoms with E-state index in [-0.39, 0.29) is 5.25 Å². The Morgan fingerprint density at radius 2 is 2.22 bits per heavy atom. The van der Waals surface area contributed by atoms with Gasteiger partial charge in [-0.05, 0) is 42.5 Å². The Bertz CT molecular complexity index is 473. The second-order valence-electron chi connectivity index (χ2n) is 5.14. The Morgan fingerprint density at radius 1 is 1.44 bits per heavy atom. The van der Waals surface area contributed by atoms with E-state index in [4.69, 9.17) is 11.5 Å². The van der Waals surface area contributed by atoms with Crippen molar-refractivity contribution in [3.05, 3.63) is 0 Å². The van der Waals surface area contributed by atoms with Crippen molar-refractivity contribution in [3.63, 3.8) is 0 Å². The predicted molar refractivity (Wildman–Crippen MR) is 65.7 cm³/mol. The molecule has 7 nitrogen and oxygen atoms in total. The number of hydrogen-bond acceptors (Lipinski definition) is 6. The van der Waals surface area contributed by atoms with Crippen LogP contribution in [0.4, 0.5) is 0 Å². The van der Waals surface area contributed by atoms with Crippen LogP contribution in [0, 0.1) is 0 Å². The van der Waals surface area contributed by atoms with E-state index in [0.29, 0.717) is 18.9 Å². The molecule has 1 aromatic heterocycles. The molecule has 0 aliphatic heterocycles. The summed E-state index contributed by atoms with van der Waals surface area (Å²) in [6, 6.07) is 0.461. The van der Waals surface area contributed by atoms with E-state index in [0.717, 1.165) is 24.4 Å². The zero-order valence-electron chi connectivity index (χ0n) is 9.95. The van der Waals surface area contributed by atoms with Crippen LogP contribution < -0.4 is 11.5 Å². The number of primary amides is 1. The molecule has 3 rings (SSSR count). The van der Waals surface area contributed by atoms with Crippen molar-refractivity contribution >= 4 is 17.7 Å². The standard InChI is InChI=1S/C10H16N6OS/c11-8(17)10(12)4-3-7(5-10)18-9-13-14-15-16(9)6-1-2-6/h6-7H,1-5,12H2,(H2,11,17). The highest BCUT2D eigenvalue weighted by atomic mass is 32.2. The molecule has 1 amide bonds. The number of nitrogens with two attached hydrogens (primary N) is 2. The molecule has 0 radical (unpaired) electrons. The maximum absolute atomic E-state index is 11.3. The van der Waals surface area contributed by atoms with Crippen molar-refractivity contribution in [2.24, 2.45) is 11.5 Å². The third-order valence-corrected chi connectivity index (χ3v) is 4.84. The molecule has 98 valence electrons. The number of carbonyl (C=O) groups is 1. The number of aromatic nitrogens is 4. The summed E-state index contributed by atoms with van der Waals surface area (Å²) in [5, 5.41) is 12.9. The molecule has 0 aromatic carbocycles. The van der Waals surface area contributed by atoms with Crippen LogP contribution in [0.3, 0.4) is 0 Å². The normalized spacial score (nSPS) is 31.7. The lowest BCUT2D eigenvalue weighted by Crippen LogP contribution is -2.50. The SMILES string of the molecule is NC(=O)C1(N)CCC(Sc2nnnn2C2CC2)C1. The topological polar surface area (TPSA) is 113 Å². The van der Waals surface area contributed by atoms with E-state index in [1.807, 2.05) is 4.68 Å². The second kappa shape index (κ2) is 4.20. The molecule has 2 atom stereocenters. The summed E-state index contributed by atoms with van der Waals surface area (Å²) in [7, 11) is 0. The summed E-state index contributed by atoms with van der Waals surface area (Å²) < 4.78 is 1.88. The lowest BCUT2D eigenvalue weighted by atomic mass is 9.99. The molecule has 0 bridgehead atoms. The van der Waals surface area contributed by atoms with E-state index in [1.54, 1.807) is 11.8 Å². The van der Waals surface area contributed by atoms with Crippen LogP contribution in [0.2, 0.25) is 0 Å². The third kappa shape index (κ3) is 2.10. The molecular weight excluding hydrogens is 252 g/mol. The quantitative estimate of drug-likeness (QED) is 0.784. The maximum atomic E-state index is 11.3. The lowest BCUT2D eigenvalue weighted by Gasteiger charge is -2.19. The van der Waals surface area contributed by atoms with Crippen LogP contribution in [-0.4, -0.2) is 36.9 Å². The Hall–Kier alpha value is -1.15. The molecular formula is C10H16N6OS. The lowest BCUT2D eigenvalue weighted by molar-refractivity contribution is -0.122. The Morgan fingerprint density at radius 3 is 2.83 bits per heavy atom. The van der Waals surface area contributed by atoms with Crippen LogP contribution >= 0.6 is 11.8 Å². The summed E-state index contributed by atoms with van der Waals surface area (Å²) in [6.07, 6.45) is 4.41. The Labute approximate surface area is 109 Å². The van der Waals surface area contributed by atoms with Crippen molar-refractivity contribution in [1.82, 2.24) is 20.2 Å². The van der Waals surface area contributed by atoms with Gasteiger partial charge in [0.15, 0.2) is 0 Å². The highest BCUT2D eigenvalue weighted by Crippen LogP contribution is 2.41. The zero-order chi connectivity index (χ0) is 12.8. The summed E-state index contributed by atoms with van der Waals surface area (Å²) >= 11 is 1.61. The third-order valence-electron chi connectivity index (χ3n) is 3.62. The molecule has 1 aromatic rings. The minimum absolute atomic E-state index is 0.269. The largest absolute Gasteiger partial charge is 0.368 e. The van der Waals surface area contributed by atoms with Crippen LogP contribution in [0.15, 0.2) is 5.16 Å². The van der Waals surface area contributed by atoms with Crippen LogP contribution in [0.1, 0.15) is 38.1 Å². The molecule has 8 heteroatoms. The van der Waals surface area contributed by atoms with E-state index < -0.39 is 11.4 Å². The molecule has 2 saturated carbocycles. The molecule has 0 saturated heterocycles. The van der Waals surface area contributed by atoms with Gasteiger partial charge in [-0.1, -0.05) is 11.8 Å². The van der Waals surface area contributed by atoms with E-state index in [9.17, 15) is 4.79 Å². The number of carbonyl (C=O) groups excluding carboxylic acids is 1. The van der Waals surface area contributed by atoms with Crippen molar-refractivity contribution in [2.75, 3.05) is 0 Å². The van der Waals surface area contributed by atoms with Gasteiger partial charge in [0.05, 0.1) is 11.6 Å². The van der Waals surface area contributed by atoms with Crippen molar-refractivity contribution < 1.29 is 4.79 Å². The number of nitrogens with zero attached hydrogens (tertiary/aromatic N) is 4. The Kier molecular flexibility index (Phi) is 2.78. The van der Waals surface area contributed by atoms with E-state index >= 15 is 0 Å². The summed E-state index contributed by atoms with van der Waals surface area (Å²) in [5.41, 5.74) is 10.5.